The standard InChI is InChI=1S/C14H13N3O4/c1-2-8-21-14(20)15-12-11(13(18)19)9-17(16-12)10-6-4-3-5-7-10/h2-7,9H,1,8H2,(H,18,19)(H,15,16,20). The summed E-state index contributed by atoms with van der Waals surface area (Å²) in [6, 6.07) is 8.94. The second kappa shape index (κ2) is 6.38. The SMILES string of the molecule is C=CCOC(=O)Nc1nn(-c2ccccc2)cc1C(=O)O. The normalized spacial score (nSPS) is 9.90. The van der Waals surface area contributed by atoms with Crippen molar-refractivity contribution in [3.63, 3.8) is 0 Å². The van der Waals surface area contributed by atoms with Gasteiger partial charge in [-0.1, -0.05) is 30.9 Å². The van der Waals surface area contributed by atoms with Crippen molar-refractivity contribution >= 4 is 17.9 Å². The van der Waals surface area contributed by atoms with Gasteiger partial charge in [0.25, 0.3) is 0 Å². The fourth-order valence-corrected chi connectivity index (χ4v) is 1.60. The monoisotopic (exact) mass is 287 g/mol. The second-order valence-corrected chi connectivity index (χ2v) is 3.99. The van der Waals surface area contributed by atoms with E-state index in [0.29, 0.717) is 5.69 Å². The zero-order valence-electron chi connectivity index (χ0n) is 11.0. The molecule has 0 aliphatic rings. The predicted octanol–water partition coefficient (Wildman–Crippen LogP) is 2.30. The van der Waals surface area contributed by atoms with Gasteiger partial charge in [0.2, 0.25) is 0 Å². The highest BCUT2D eigenvalue weighted by atomic mass is 16.5. The number of para-hydroxylation sites is 1. The van der Waals surface area contributed by atoms with Crippen LogP contribution in [0.2, 0.25) is 0 Å². The van der Waals surface area contributed by atoms with Gasteiger partial charge in [0.15, 0.2) is 5.82 Å². The zero-order valence-corrected chi connectivity index (χ0v) is 11.0. The fraction of sp³-hybridized carbons (Fsp3) is 0.0714. The van der Waals surface area contributed by atoms with Gasteiger partial charge in [-0.05, 0) is 12.1 Å². The highest BCUT2D eigenvalue weighted by molar-refractivity contribution is 5.97. The van der Waals surface area contributed by atoms with Gasteiger partial charge in [0.05, 0.1) is 5.69 Å². The maximum absolute atomic E-state index is 11.5. The summed E-state index contributed by atoms with van der Waals surface area (Å²) in [4.78, 5) is 22.7. The van der Waals surface area contributed by atoms with E-state index in [1.807, 2.05) is 6.07 Å². The van der Waals surface area contributed by atoms with Crippen LogP contribution >= 0.6 is 0 Å². The third-order valence-electron chi connectivity index (χ3n) is 2.52. The lowest BCUT2D eigenvalue weighted by atomic mass is 10.3. The van der Waals surface area contributed by atoms with E-state index in [0.717, 1.165) is 0 Å². The van der Waals surface area contributed by atoms with Gasteiger partial charge in [-0.25, -0.2) is 14.3 Å². The first-order chi connectivity index (χ1) is 10.1. The number of carboxylic acids is 1. The van der Waals surface area contributed by atoms with E-state index < -0.39 is 12.1 Å². The Hall–Kier alpha value is -3.09. The van der Waals surface area contributed by atoms with E-state index in [4.69, 9.17) is 9.84 Å². The van der Waals surface area contributed by atoms with E-state index in [2.05, 4.69) is 17.0 Å². The lowest BCUT2D eigenvalue weighted by Gasteiger charge is -2.03. The van der Waals surface area contributed by atoms with Gasteiger partial charge in [-0.3, -0.25) is 5.32 Å². The number of hydrogen-bond donors (Lipinski definition) is 2. The van der Waals surface area contributed by atoms with Crippen molar-refractivity contribution in [2.45, 2.75) is 0 Å². The largest absolute Gasteiger partial charge is 0.477 e. The summed E-state index contributed by atoms with van der Waals surface area (Å²) >= 11 is 0. The number of carbonyl (C=O) groups excluding carboxylic acids is 1. The number of amides is 1. The van der Waals surface area contributed by atoms with Gasteiger partial charge in [0.1, 0.15) is 12.2 Å². The molecule has 0 unspecified atom stereocenters. The Bertz CT molecular complexity index is 664. The number of nitrogens with zero attached hydrogens (tertiary/aromatic N) is 2. The third kappa shape index (κ3) is 3.47. The summed E-state index contributed by atoms with van der Waals surface area (Å²) < 4.78 is 6.10. The maximum atomic E-state index is 11.5. The van der Waals surface area contributed by atoms with Crippen molar-refractivity contribution in [1.82, 2.24) is 9.78 Å². The van der Waals surface area contributed by atoms with Crippen molar-refractivity contribution in [2.24, 2.45) is 0 Å². The predicted molar refractivity (Wildman–Crippen MR) is 75.7 cm³/mol. The number of aromatic carboxylic acids is 1. The van der Waals surface area contributed by atoms with Crippen LogP contribution in [0.1, 0.15) is 10.4 Å². The summed E-state index contributed by atoms with van der Waals surface area (Å²) in [5.74, 6) is -1.28. The highest BCUT2D eigenvalue weighted by Crippen LogP contribution is 2.17. The number of carbonyl (C=O) groups is 2. The summed E-state index contributed by atoms with van der Waals surface area (Å²) in [6.45, 7) is 3.43. The molecule has 0 atom stereocenters. The molecule has 7 nitrogen and oxygen atoms in total. The van der Waals surface area contributed by atoms with Crippen LogP contribution in [0, 0.1) is 0 Å². The Balaban J connectivity index is 2.28. The average Bonchev–Trinajstić information content (AvgIpc) is 2.90. The van der Waals surface area contributed by atoms with E-state index in [9.17, 15) is 9.59 Å². The minimum Gasteiger partial charge on any atom is -0.477 e. The lowest BCUT2D eigenvalue weighted by molar-refractivity contribution is 0.0698. The van der Waals surface area contributed by atoms with Crippen LogP contribution in [0.4, 0.5) is 10.6 Å². The van der Waals surface area contributed by atoms with E-state index in [1.54, 1.807) is 24.3 Å². The molecular formula is C14H13N3O4. The molecule has 1 aromatic heterocycles. The van der Waals surface area contributed by atoms with Gasteiger partial charge >= 0.3 is 12.1 Å². The summed E-state index contributed by atoms with van der Waals surface area (Å²) in [5.41, 5.74) is 0.543. The summed E-state index contributed by atoms with van der Waals surface area (Å²) in [7, 11) is 0. The minimum absolute atomic E-state index is 0.0215. The molecule has 0 saturated carbocycles. The van der Waals surface area contributed by atoms with Crippen LogP contribution in [-0.4, -0.2) is 33.6 Å². The minimum atomic E-state index is -1.20. The number of aromatic nitrogens is 2. The number of carboxylic acid groups (broad SMARTS) is 1. The van der Waals surface area contributed by atoms with Gasteiger partial charge in [-0.2, -0.15) is 0 Å². The molecule has 2 N–H and O–H groups in total. The van der Waals surface area contributed by atoms with Crippen LogP contribution in [0.5, 0.6) is 0 Å². The number of rotatable bonds is 5. The van der Waals surface area contributed by atoms with Crippen molar-refractivity contribution in [1.29, 1.82) is 0 Å². The molecule has 7 heteroatoms. The Kier molecular flexibility index (Phi) is 4.35. The van der Waals surface area contributed by atoms with E-state index in [-0.39, 0.29) is 18.0 Å². The van der Waals surface area contributed by atoms with Crippen molar-refractivity contribution < 1.29 is 19.4 Å². The molecule has 2 rings (SSSR count). The van der Waals surface area contributed by atoms with Crippen molar-refractivity contribution in [2.75, 3.05) is 11.9 Å². The smallest absolute Gasteiger partial charge is 0.413 e. The Morgan fingerprint density at radius 3 is 2.71 bits per heavy atom. The molecule has 0 aliphatic heterocycles. The molecule has 0 radical (unpaired) electrons. The first-order valence-corrected chi connectivity index (χ1v) is 6.05. The average molecular weight is 287 g/mol. The molecule has 0 bridgehead atoms. The molecule has 1 heterocycles. The Labute approximate surface area is 120 Å². The van der Waals surface area contributed by atoms with Crippen LogP contribution < -0.4 is 5.32 Å². The van der Waals surface area contributed by atoms with Gasteiger partial charge in [0, 0.05) is 6.20 Å². The Morgan fingerprint density at radius 2 is 2.10 bits per heavy atom. The number of benzene rings is 1. The van der Waals surface area contributed by atoms with Crippen LogP contribution in [0.15, 0.2) is 49.2 Å². The van der Waals surface area contributed by atoms with Crippen LogP contribution in [0.25, 0.3) is 5.69 Å². The fourth-order valence-electron chi connectivity index (χ4n) is 1.60. The van der Waals surface area contributed by atoms with E-state index in [1.165, 1.54) is 17.0 Å². The third-order valence-corrected chi connectivity index (χ3v) is 2.52. The molecule has 1 amide bonds. The number of ether oxygens (including phenoxy) is 1. The molecule has 2 aromatic rings. The van der Waals surface area contributed by atoms with Crippen molar-refractivity contribution in [3.05, 3.63) is 54.7 Å². The lowest BCUT2D eigenvalue weighted by Crippen LogP contribution is -2.16. The number of anilines is 1. The maximum Gasteiger partial charge on any atom is 0.413 e. The first-order valence-electron chi connectivity index (χ1n) is 6.05. The highest BCUT2D eigenvalue weighted by Gasteiger charge is 2.18. The molecule has 0 spiro atoms. The first kappa shape index (κ1) is 14.3. The Morgan fingerprint density at radius 1 is 1.38 bits per heavy atom. The zero-order chi connectivity index (χ0) is 15.2. The molecular weight excluding hydrogens is 274 g/mol. The topological polar surface area (TPSA) is 93.5 Å². The van der Waals surface area contributed by atoms with Gasteiger partial charge < -0.3 is 9.84 Å². The number of hydrogen-bond acceptors (Lipinski definition) is 4. The van der Waals surface area contributed by atoms with Crippen molar-refractivity contribution in [3.8, 4) is 5.69 Å². The number of nitrogens with one attached hydrogen (secondary N) is 1. The van der Waals surface area contributed by atoms with Crippen LogP contribution in [-0.2, 0) is 4.74 Å². The molecule has 0 aliphatic carbocycles. The molecule has 0 saturated heterocycles. The summed E-state index contributed by atoms with van der Waals surface area (Å²) in [5, 5.41) is 15.5. The molecule has 0 fully saturated rings. The van der Waals surface area contributed by atoms with Gasteiger partial charge in [-0.15, -0.1) is 5.10 Å². The molecule has 1 aromatic carbocycles. The second-order valence-electron chi connectivity index (χ2n) is 3.99. The molecule has 108 valence electrons. The van der Waals surface area contributed by atoms with E-state index >= 15 is 0 Å². The summed E-state index contributed by atoms with van der Waals surface area (Å²) in [6.07, 6.45) is 1.93. The molecule has 21 heavy (non-hydrogen) atoms. The van der Waals surface area contributed by atoms with Crippen LogP contribution in [0.3, 0.4) is 0 Å². The quantitative estimate of drug-likeness (QED) is 0.823.